The second-order valence-electron chi connectivity index (χ2n) is 3.30. The zero-order valence-corrected chi connectivity index (χ0v) is 8.99. The Morgan fingerprint density at radius 3 is 2.40 bits per heavy atom. The molecule has 3 nitrogen and oxygen atoms in total. The molecule has 0 fully saturated rings. The fourth-order valence-corrected chi connectivity index (χ4v) is 1.99. The normalized spacial score (nSPS) is 18.1. The molecule has 1 aliphatic heterocycles. The highest BCUT2D eigenvalue weighted by Crippen LogP contribution is 2.22. The van der Waals surface area contributed by atoms with Gasteiger partial charge in [0.2, 0.25) is 0 Å². The summed E-state index contributed by atoms with van der Waals surface area (Å²) in [6, 6.07) is 7.47. The quantitative estimate of drug-likeness (QED) is 0.684. The SMILES string of the molecule is Cc1ccc(C2=CC=CS(=O)(=O)O2)cc1. The van der Waals surface area contributed by atoms with Gasteiger partial charge in [0, 0.05) is 5.56 Å². The Kier molecular flexibility index (Phi) is 2.36. The van der Waals surface area contributed by atoms with Gasteiger partial charge in [-0.15, -0.1) is 0 Å². The van der Waals surface area contributed by atoms with Gasteiger partial charge in [-0.25, -0.2) is 0 Å². The molecule has 0 aliphatic carbocycles. The van der Waals surface area contributed by atoms with Crippen molar-refractivity contribution >= 4 is 15.9 Å². The van der Waals surface area contributed by atoms with Crippen LogP contribution in [0.3, 0.4) is 0 Å². The van der Waals surface area contributed by atoms with Gasteiger partial charge in [-0.2, -0.15) is 8.42 Å². The van der Waals surface area contributed by atoms with Crippen LogP contribution in [0.25, 0.3) is 5.76 Å². The molecule has 0 saturated heterocycles. The molecule has 1 aliphatic rings. The Morgan fingerprint density at radius 2 is 1.80 bits per heavy atom. The van der Waals surface area contributed by atoms with Crippen LogP contribution in [-0.2, 0) is 14.3 Å². The molecule has 15 heavy (non-hydrogen) atoms. The van der Waals surface area contributed by atoms with Crippen LogP contribution in [0.1, 0.15) is 11.1 Å². The molecule has 0 spiro atoms. The highest BCUT2D eigenvalue weighted by molar-refractivity contribution is 7.90. The molecule has 78 valence electrons. The minimum absolute atomic E-state index is 0.359. The molecule has 1 aromatic rings. The van der Waals surface area contributed by atoms with Crippen LogP contribution in [0.2, 0.25) is 0 Å². The highest BCUT2D eigenvalue weighted by atomic mass is 32.2. The Balaban J connectivity index is 2.37. The fourth-order valence-electron chi connectivity index (χ4n) is 1.27. The first-order valence-corrected chi connectivity index (χ1v) is 5.94. The van der Waals surface area contributed by atoms with Crippen molar-refractivity contribution in [3.8, 4) is 0 Å². The Hall–Kier alpha value is -1.55. The maximum atomic E-state index is 11.2. The number of hydrogen-bond acceptors (Lipinski definition) is 3. The molecule has 4 heteroatoms. The number of hydrogen-bond donors (Lipinski definition) is 0. The van der Waals surface area contributed by atoms with Crippen LogP contribution in [0.5, 0.6) is 0 Å². The predicted molar refractivity (Wildman–Crippen MR) is 58.3 cm³/mol. The summed E-state index contributed by atoms with van der Waals surface area (Å²) < 4.78 is 27.1. The smallest absolute Gasteiger partial charge is 0.332 e. The molecule has 1 aromatic carbocycles. The maximum absolute atomic E-state index is 11.2. The number of allylic oxidation sites excluding steroid dienone is 2. The second kappa shape index (κ2) is 3.55. The third-order valence-corrected chi connectivity index (χ3v) is 2.94. The summed E-state index contributed by atoms with van der Waals surface area (Å²) in [5.41, 5.74) is 1.88. The van der Waals surface area contributed by atoms with E-state index < -0.39 is 10.1 Å². The summed E-state index contributed by atoms with van der Waals surface area (Å²) in [6.07, 6.45) is 3.10. The summed E-state index contributed by atoms with van der Waals surface area (Å²) in [4.78, 5) is 0. The molecule has 0 radical (unpaired) electrons. The van der Waals surface area contributed by atoms with E-state index in [2.05, 4.69) is 0 Å². The number of rotatable bonds is 1. The van der Waals surface area contributed by atoms with Gasteiger partial charge >= 0.3 is 10.1 Å². The van der Waals surface area contributed by atoms with E-state index in [1.54, 1.807) is 6.08 Å². The molecule has 0 amide bonds. The Morgan fingerprint density at radius 1 is 1.13 bits per heavy atom. The zero-order valence-electron chi connectivity index (χ0n) is 8.17. The van der Waals surface area contributed by atoms with Crippen molar-refractivity contribution in [2.45, 2.75) is 6.92 Å². The van der Waals surface area contributed by atoms with Crippen molar-refractivity contribution in [1.29, 1.82) is 0 Å². The summed E-state index contributed by atoms with van der Waals surface area (Å²) in [5, 5.41) is 1.03. The molecule has 0 bridgehead atoms. The van der Waals surface area contributed by atoms with Crippen LogP contribution >= 0.6 is 0 Å². The molecule has 0 unspecified atom stereocenters. The van der Waals surface area contributed by atoms with E-state index in [9.17, 15) is 8.42 Å². The van der Waals surface area contributed by atoms with Gasteiger partial charge in [0.25, 0.3) is 0 Å². The van der Waals surface area contributed by atoms with Gasteiger partial charge in [0.1, 0.15) is 5.76 Å². The average molecular weight is 222 g/mol. The monoisotopic (exact) mass is 222 g/mol. The highest BCUT2D eigenvalue weighted by Gasteiger charge is 2.15. The van der Waals surface area contributed by atoms with E-state index in [-0.39, 0.29) is 0 Å². The van der Waals surface area contributed by atoms with Crippen molar-refractivity contribution in [2.24, 2.45) is 0 Å². The van der Waals surface area contributed by atoms with E-state index in [1.807, 2.05) is 31.2 Å². The predicted octanol–water partition coefficient (Wildman–Crippen LogP) is 2.21. The summed E-state index contributed by atoms with van der Waals surface area (Å²) >= 11 is 0. The van der Waals surface area contributed by atoms with Crippen molar-refractivity contribution in [2.75, 3.05) is 0 Å². The van der Waals surface area contributed by atoms with Gasteiger partial charge in [-0.1, -0.05) is 29.8 Å². The van der Waals surface area contributed by atoms with Crippen molar-refractivity contribution in [1.82, 2.24) is 0 Å². The molecular weight excluding hydrogens is 212 g/mol. The number of aryl methyl sites for hydroxylation is 1. The Labute approximate surface area is 88.8 Å². The lowest BCUT2D eigenvalue weighted by Crippen LogP contribution is -2.04. The standard InChI is InChI=1S/C11H10O3S/c1-9-4-6-10(7-5-9)11-3-2-8-15(12,13)14-11/h2-8H,1H3. The first-order chi connectivity index (χ1) is 7.07. The number of benzene rings is 1. The first kappa shape index (κ1) is 9.98. The minimum atomic E-state index is -3.54. The second-order valence-corrected chi connectivity index (χ2v) is 4.73. The molecule has 1 heterocycles. The van der Waals surface area contributed by atoms with E-state index in [1.165, 1.54) is 6.08 Å². The molecule has 0 atom stereocenters. The van der Waals surface area contributed by atoms with E-state index in [0.717, 1.165) is 16.5 Å². The fraction of sp³-hybridized carbons (Fsp3) is 0.0909. The van der Waals surface area contributed by atoms with Gasteiger partial charge in [0.15, 0.2) is 0 Å². The van der Waals surface area contributed by atoms with Gasteiger partial charge in [0.05, 0.1) is 5.41 Å². The molecule has 0 N–H and O–H groups in total. The lowest BCUT2D eigenvalue weighted by molar-refractivity contribution is 0.472. The lowest BCUT2D eigenvalue weighted by Gasteiger charge is -2.10. The van der Waals surface area contributed by atoms with Crippen molar-refractivity contribution in [3.63, 3.8) is 0 Å². The zero-order chi connectivity index (χ0) is 10.9. The van der Waals surface area contributed by atoms with Crippen LogP contribution < -0.4 is 0 Å². The summed E-state index contributed by atoms with van der Waals surface area (Å²) in [6.45, 7) is 1.97. The van der Waals surface area contributed by atoms with E-state index in [4.69, 9.17) is 4.18 Å². The van der Waals surface area contributed by atoms with E-state index >= 15 is 0 Å². The third kappa shape index (κ3) is 2.27. The summed E-state index contributed by atoms with van der Waals surface area (Å²) in [5.74, 6) is 0.359. The van der Waals surface area contributed by atoms with Crippen LogP contribution in [-0.4, -0.2) is 8.42 Å². The maximum Gasteiger partial charge on any atom is 0.332 e. The first-order valence-electron chi connectivity index (χ1n) is 4.47. The van der Waals surface area contributed by atoms with Gasteiger partial charge in [-0.3, -0.25) is 0 Å². The van der Waals surface area contributed by atoms with Crippen LogP contribution in [0.4, 0.5) is 0 Å². The third-order valence-electron chi connectivity index (χ3n) is 2.03. The van der Waals surface area contributed by atoms with Crippen molar-refractivity contribution < 1.29 is 12.6 Å². The summed E-state index contributed by atoms with van der Waals surface area (Å²) in [7, 11) is -3.54. The molecular formula is C11H10O3S. The topological polar surface area (TPSA) is 43.4 Å². The molecule has 0 aromatic heterocycles. The lowest BCUT2D eigenvalue weighted by atomic mass is 10.1. The van der Waals surface area contributed by atoms with Gasteiger partial charge < -0.3 is 4.18 Å². The van der Waals surface area contributed by atoms with Crippen LogP contribution in [0, 0.1) is 6.92 Å². The molecule has 2 rings (SSSR count). The largest absolute Gasteiger partial charge is 0.379 e. The van der Waals surface area contributed by atoms with Crippen LogP contribution in [0.15, 0.2) is 41.8 Å². The average Bonchev–Trinajstić information content (AvgIpc) is 2.17. The van der Waals surface area contributed by atoms with Gasteiger partial charge in [-0.05, 0) is 19.1 Å². The molecule has 0 saturated carbocycles. The minimum Gasteiger partial charge on any atom is -0.379 e. The van der Waals surface area contributed by atoms with Crippen molar-refractivity contribution in [3.05, 3.63) is 53.0 Å². The Bertz CT molecular complexity index is 521. The van der Waals surface area contributed by atoms with E-state index in [0.29, 0.717) is 5.76 Å².